The molecule has 21 heavy (non-hydrogen) atoms. The van der Waals surface area contributed by atoms with Crippen molar-refractivity contribution in [3.63, 3.8) is 0 Å². The van der Waals surface area contributed by atoms with Crippen LogP contribution in [0.3, 0.4) is 0 Å². The van der Waals surface area contributed by atoms with Crippen molar-refractivity contribution in [2.24, 2.45) is 5.10 Å². The Hall–Kier alpha value is -1.36. The number of hydrogen-bond donors (Lipinski definition) is 1. The van der Waals surface area contributed by atoms with Crippen LogP contribution in [0.5, 0.6) is 5.75 Å². The number of carbonyl (C=O) groups is 1. The van der Waals surface area contributed by atoms with Gasteiger partial charge in [-0.15, -0.1) is 0 Å². The number of hydrogen-bond acceptors (Lipinski definition) is 3. The van der Waals surface area contributed by atoms with Crippen molar-refractivity contribution in [3.05, 3.63) is 28.2 Å². The van der Waals surface area contributed by atoms with Gasteiger partial charge >= 0.3 is 0 Å². The number of aryl methyl sites for hydroxylation is 1. The van der Waals surface area contributed by atoms with Crippen LogP contribution in [0, 0.1) is 6.92 Å². The molecule has 1 rings (SSSR count). The van der Waals surface area contributed by atoms with Gasteiger partial charge in [-0.3, -0.25) is 4.79 Å². The van der Waals surface area contributed by atoms with Crippen molar-refractivity contribution >= 4 is 27.5 Å². The van der Waals surface area contributed by atoms with Gasteiger partial charge in [-0.25, -0.2) is 5.43 Å². The van der Waals surface area contributed by atoms with Crippen molar-refractivity contribution in [2.75, 3.05) is 6.61 Å². The summed E-state index contributed by atoms with van der Waals surface area (Å²) in [6.07, 6.45) is 4.39. The lowest BCUT2D eigenvalue weighted by Crippen LogP contribution is -2.25. The van der Waals surface area contributed by atoms with E-state index in [2.05, 4.69) is 33.4 Å². The number of amides is 1. The van der Waals surface area contributed by atoms with Gasteiger partial charge in [-0.1, -0.05) is 35.7 Å². The first-order valence-electron chi connectivity index (χ1n) is 7.24. The van der Waals surface area contributed by atoms with Gasteiger partial charge in [-0.2, -0.15) is 5.10 Å². The normalized spacial score (nSPS) is 11.3. The number of benzene rings is 1. The van der Waals surface area contributed by atoms with E-state index in [4.69, 9.17) is 4.74 Å². The number of rotatable bonds is 8. The van der Waals surface area contributed by atoms with Gasteiger partial charge in [0.1, 0.15) is 5.75 Å². The molecule has 0 aliphatic carbocycles. The summed E-state index contributed by atoms with van der Waals surface area (Å²) >= 11 is 3.39. The number of carbonyl (C=O) groups excluding carboxylic acids is 1. The van der Waals surface area contributed by atoms with Gasteiger partial charge in [-0.05, 0) is 50.5 Å². The monoisotopic (exact) mass is 354 g/mol. The zero-order valence-corrected chi connectivity index (χ0v) is 14.5. The van der Waals surface area contributed by atoms with E-state index in [0.29, 0.717) is 5.75 Å². The highest BCUT2D eigenvalue weighted by Crippen LogP contribution is 2.21. The summed E-state index contributed by atoms with van der Waals surface area (Å²) < 4.78 is 6.47. The average Bonchev–Trinajstić information content (AvgIpc) is 2.44. The number of halogens is 1. The van der Waals surface area contributed by atoms with E-state index >= 15 is 0 Å². The SMILES string of the molecule is CCCCC/C(C)=N/NC(=O)COc1ccc(Br)cc1C. The standard InChI is InChI=1S/C16H23BrN2O2/c1-4-5-6-7-13(3)18-19-16(20)11-21-15-9-8-14(17)10-12(15)2/h8-10H,4-7,11H2,1-3H3,(H,19,20)/b18-13+. The summed E-state index contributed by atoms with van der Waals surface area (Å²) in [5.74, 6) is 0.462. The Morgan fingerprint density at radius 2 is 2.14 bits per heavy atom. The summed E-state index contributed by atoms with van der Waals surface area (Å²) in [4.78, 5) is 11.7. The predicted octanol–water partition coefficient (Wildman–Crippen LogP) is 4.21. The molecule has 1 aromatic rings. The molecule has 0 spiro atoms. The van der Waals surface area contributed by atoms with Crippen molar-refractivity contribution < 1.29 is 9.53 Å². The molecule has 4 nitrogen and oxygen atoms in total. The molecule has 1 amide bonds. The lowest BCUT2D eigenvalue weighted by atomic mass is 10.1. The van der Waals surface area contributed by atoms with Crippen LogP contribution >= 0.6 is 15.9 Å². The summed E-state index contributed by atoms with van der Waals surface area (Å²) in [7, 11) is 0. The highest BCUT2D eigenvalue weighted by Gasteiger charge is 2.04. The minimum atomic E-state index is -0.243. The molecule has 5 heteroatoms. The molecule has 1 aromatic carbocycles. The largest absolute Gasteiger partial charge is 0.483 e. The molecule has 0 unspecified atom stereocenters. The highest BCUT2D eigenvalue weighted by atomic mass is 79.9. The molecule has 0 atom stereocenters. The van der Waals surface area contributed by atoms with Crippen molar-refractivity contribution in [1.82, 2.24) is 5.43 Å². The first-order valence-corrected chi connectivity index (χ1v) is 8.03. The Bertz CT molecular complexity index is 501. The molecule has 0 fully saturated rings. The Morgan fingerprint density at radius 3 is 2.81 bits per heavy atom. The Balaban J connectivity index is 2.35. The van der Waals surface area contributed by atoms with Gasteiger partial charge < -0.3 is 4.74 Å². The molecule has 0 radical (unpaired) electrons. The maximum atomic E-state index is 11.7. The summed E-state index contributed by atoms with van der Waals surface area (Å²) in [6, 6.07) is 5.67. The predicted molar refractivity (Wildman–Crippen MR) is 89.8 cm³/mol. The van der Waals surface area contributed by atoms with E-state index in [1.807, 2.05) is 32.0 Å². The zero-order valence-electron chi connectivity index (χ0n) is 12.9. The van der Waals surface area contributed by atoms with Crippen LogP contribution in [0.2, 0.25) is 0 Å². The van der Waals surface area contributed by atoms with E-state index in [9.17, 15) is 4.79 Å². The third kappa shape index (κ3) is 7.27. The van der Waals surface area contributed by atoms with E-state index in [-0.39, 0.29) is 12.5 Å². The van der Waals surface area contributed by atoms with Gasteiger partial charge in [0, 0.05) is 10.2 Å². The molecule has 0 heterocycles. The van der Waals surface area contributed by atoms with Gasteiger partial charge in [0.2, 0.25) is 0 Å². The fourth-order valence-electron chi connectivity index (χ4n) is 1.79. The molecular weight excluding hydrogens is 332 g/mol. The smallest absolute Gasteiger partial charge is 0.277 e. The number of hydrazone groups is 1. The fourth-order valence-corrected chi connectivity index (χ4v) is 2.27. The molecule has 0 aliphatic rings. The molecule has 116 valence electrons. The maximum Gasteiger partial charge on any atom is 0.277 e. The van der Waals surface area contributed by atoms with Crippen LogP contribution in [0.15, 0.2) is 27.8 Å². The maximum absolute atomic E-state index is 11.7. The summed E-state index contributed by atoms with van der Waals surface area (Å²) in [5, 5.41) is 4.07. The van der Waals surface area contributed by atoms with Crippen molar-refractivity contribution in [2.45, 2.75) is 46.5 Å². The lowest BCUT2D eigenvalue weighted by molar-refractivity contribution is -0.123. The van der Waals surface area contributed by atoms with Crippen LogP contribution in [0.25, 0.3) is 0 Å². The van der Waals surface area contributed by atoms with Gasteiger partial charge in [0.25, 0.3) is 5.91 Å². The van der Waals surface area contributed by atoms with Crippen molar-refractivity contribution in [1.29, 1.82) is 0 Å². The minimum Gasteiger partial charge on any atom is -0.483 e. The number of nitrogens with one attached hydrogen (secondary N) is 1. The molecular formula is C16H23BrN2O2. The van der Waals surface area contributed by atoms with E-state index < -0.39 is 0 Å². The first kappa shape index (κ1) is 17.7. The van der Waals surface area contributed by atoms with Crippen LogP contribution in [0.1, 0.15) is 45.1 Å². The topological polar surface area (TPSA) is 50.7 Å². The second-order valence-electron chi connectivity index (χ2n) is 5.04. The summed E-state index contributed by atoms with van der Waals surface area (Å²) in [5.41, 5.74) is 4.45. The van der Waals surface area contributed by atoms with Crippen LogP contribution in [0.4, 0.5) is 0 Å². The minimum absolute atomic E-state index is 0.0335. The van der Waals surface area contributed by atoms with E-state index in [1.54, 1.807) is 0 Å². The molecule has 0 saturated carbocycles. The first-order chi connectivity index (χ1) is 10.0. The Kier molecular flexibility index (Phi) is 8.05. The van der Waals surface area contributed by atoms with Crippen molar-refractivity contribution in [3.8, 4) is 5.75 Å². The Labute approximate surface area is 135 Å². The van der Waals surface area contributed by atoms with E-state index in [1.165, 1.54) is 12.8 Å². The molecule has 0 bridgehead atoms. The Morgan fingerprint density at radius 1 is 1.38 bits per heavy atom. The van der Waals surface area contributed by atoms with Gasteiger partial charge in [0.15, 0.2) is 6.61 Å². The van der Waals surface area contributed by atoms with Crippen LogP contribution in [-0.4, -0.2) is 18.2 Å². The van der Waals surface area contributed by atoms with Gasteiger partial charge in [0.05, 0.1) is 0 Å². The highest BCUT2D eigenvalue weighted by molar-refractivity contribution is 9.10. The summed E-state index contributed by atoms with van der Waals surface area (Å²) in [6.45, 7) is 5.99. The number of unbranched alkanes of at least 4 members (excludes halogenated alkanes) is 2. The zero-order chi connectivity index (χ0) is 15.7. The second-order valence-corrected chi connectivity index (χ2v) is 5.95. The quantitative estimate of drug-likeness (QED) is 0.431. The second kappa shape index (κ2) is 9.55. The average molecular weight is 355 g/mol. The van der Waals surface area contributed by atoms with Crippen LogP contribution < -0.4 is 10.2 Å². The van der Waals surface area contributed by atoms with Crippen LogP contribution in [-0.2, 0) is 4.79 Å². The molecule has 0 aromatic heterocycles. The number of ether oxygens (including phenoxy) is 1. The number of nitrogens with zero attached hydrogens (tertiary/aromatic N) is 1. The fraction of sp³-hybridized carbons (Fsp3) is 0.500. The third-order valence-electron chi connectivity index (χ3n) is 3.01. The van der Waals surface area contributed by atoms with E-state index in [0.717, 1.165) is 28.6 Å². The molecule has 0 saturated heterocycles. The lowest BCUT2D eigenvalue weighted by Gasteiger charge is -2.08. The third-order valence-corrected chi connectivity index (χ3v) is 3.50. The molecule has 0 aliphatic heterocycles. The molecule has 1 N–H and O–H groups in total.